The highest BCUT2D eigenvalue weighted by molar-refractivity contribution is 6.28. The van der Waals surface area contributed by atoms with Crippen molar-refractivity contribution in [1.82, 2.24) is 19.5 Å². The maximum Gasteiger partial charge on any atom is 0.255 e. The van der Waals surface area contributed by atoms with Crippen molar-refractivity contribution in [2.75, 3.05) is 18.5 Å². The van der Waals surface area contributed by atoms with Crippen LogP contribution in [0.25, 0.3) is 11.2 Å². The second kappa shape index (κ2) is 5.68. The fraction of sp³-hybridized carbons (Fsp3) is 0.643. The van der Waals surface area contributed by atoms with Gasteiger partial charge in [-0.25, -0.2) is 13.8 Å². The quantitative estimate of drug-likeness (QED) is 0.682. The molecule has 2 aromatic rings. The van der Waals surface area contributed by atoms with Crippen LogP contribution < -0.4 is 5.32 Å². The third kappa shape index (κ3) is 2.38. The van der Waals surface area contributed by atoms with Crippen molar-refractivity contribution in [3.8, 4) is 0 Å². The van der Waals surface area contributed by atoms with Crippen LogP contribution in [0.1, 0.15) is 12.5 Å². The number of rotatable bonds is 5. The van der Waals surface area contributed by atoms with Gasteiger partial charge in [-0.05, 0) is 23.9 Å². The summed E-state index contributed by atoms with van der Waals surface area (Å²) in [6, 6.07) is -0.621. The third-order valence-electron chi connectivity index (χ3n) is 5.24. The van der Waals surface area contributed by atoms with Crippen molar-refractivity contribution >= 4 is 28.6 Å². The molecule has 5 atom stereocenters. The van der Waals surface area contributed by atoms with Gasteiger partial charge in [0.25, 0.3) is 6.43 Å². The zero-order chi connectivity index (χ0) is 17.9. The fourth-order valence-corrected chi connectivity index (χ4v) is 4.08. The van der Waals surface area contributed by atoms with E-state index in [9.17, 15) is 23.4 Å². The van der Waals surface area contributed by atoms with E-state index in [-0.39, 0.29) is 28.2 Å². The van der Waals surface area contributed by atoms with Crippen molar-refractivity contribution in [1.29, 1.82) is 0 Å². The number of fused-ring (bicyclic) bond motifs is 2. The number of hydrogen-bond donors (Lipinski definition) is 3. The lowest BCUT2D eigenvalue weighted by atomic mass is 10.0. The van der Waals surface area contributed by atoms with Gasteiger partial charge in [-0.1, -0.05) is 0 Å². The minimum atomic E-state index is -2.59. The number of imidazole rings is 1. The number of nitrogens with one attached hydrogen (secondary N) is 1. The summed E-state index contributed by atoms with van der Waals surface area (Å²) in [4.78, 5) is 12.1. The van der Waals surface area contributed by atoms with Gasteiger partial charge in [0.1, 0.15) is 6.10 Å². The van der Waals surface area contributed by atoms with Gasteiger partial charge in [-0.15, -0.1) is 0 Å². The number of aliphatic hydroxyl groups excluding tert-OH is 2. The molecular weight excluding hydrogens is 363 g/mol. The van der Waals surface area contributed by atoms with E-state index in [1.807, 2.05) is 0 Å². The molecule has 2 heterocycles. The maximum atomic E-state index is 13.4. The smallest absolute Gasteiger partial charge is 0.255 e. The summed E-state index contributed by atoms with van der Waals surface area (Å²) in [6.45, 7) is -1.36. The molecule has 7 nitrogen and oxygen atoms in total. The molecule has 0 radical (unpaired) electrons. The molecule has 0 saturated heterocycles. The Bertz CT molecular complexity index is 821. The Morgan fingerprint density at radius 3 is 2.80 bits per heavy atom. The molecule has 0 aliphatic heterocycles. The number of halogens is 4. The van der Waals surface area contributed by atoms with Crippen LogP contribution in [0.15, 0.2) is 6.33 Å². The van der Waals surface area contributed by atoms with Gasteiger partial charge in [-0.2, -0.15) is 9.97 Å². The Hall–Kier alpha value is -1.65. The molecule has 2 aliphatic rings. The minimum absolute atomic E-state index is 0.0506. The molecule has 136 valence electrons. The van der Waals surface area contributed by atoms with Crippen LogP contribution in [-0.4, -0.2) is 61.6 Å². The van der Waals surface area contributed by atoms with Crippen molar-refractivity contribution in [2.24, 2.45) is 11.3 Å². The van der Waals surface area contributed by atoms with E-state index in [1.54, 1.807) is 0 Å². The van der Waals surface area contributed by atoms with Gasteiger partial charge in [0.2, 0.25) is 5.28 Å². The first-order valence-corrected chi connectivity index (χ1v) is 8.11. The molecule has 11 heteroatoms. The normalized spacial score (nSPS) is 33.9. The molecule has 25 heavy (non-hydrogen) atoms. The van der Waals surface area contributed by atoms with Crippen LogP contribution in [0, 0.1) is 11.3 Å². The Morgan fingerprint density at radius 1 is 1.40 bits per heavy atom. The van der Waals surface area contributed by atoms with Gasteiger partial charge >= 0.3 is 0 Å². The Balaban J connectivity index is 1.75. The average Bonchev–Trinajstić information content (AvgIpc) is 3.10. The summed E-state index contributed by atoms with van der Waals surface area (Å²) in [6.07, 6.45) is -3.14. The predicted octanol–water partition coefficient (Wildman–Crippen LogP) is 1.41. The zero-order valence-electron chi connectivity index (χ0n) is 12.8. The molecule has 2 aromatic heterocycles. The van der Waals surface area contributed by atoms with Crippen molar-refractivity contribution in [2.45, 2.75) is 31.1 Å². The minimum Gasteiger partial charge on any atom is -0.390 e. The second-order valence-electron chi connectivity index (χ2n) is 6.54. The fourth-order valence-electron chi connectivity index (χ4n) is 3.91. The van der Waals surface area contributed by atoms with Gasteiger partial charge in [0, 0.05) is 5.41 Å². The molecule has 4 rings (SSSR count). The Morgan fingerprint density at radius 2 is 2.16 bits per heavy atom. The lowest BCUT2D eigenvalue weighted by Crippen LogP contribution is -2.35. The number of nitrogens with zero attached hydrogens (tertiary/aromatic N) is 4. The van der Waals surface area contributed by atoms with Crippen molar-refractivity contribution in [3.05, 3.63) is 11.6 Å². The lowest BCUT2D eigenvalue weighted by Gasteiger charge is -2.23. The van der Waals surface area contributed by atoms with Crippen LogP contribution >= 0.6 is 11.6 Å². The standard InChI is InChI=1S/C14H15ClF3N5O2/c15-13-21-11(19-2-6(17)18)7-12(22-13)23(4-20-7)8-5-1-14(5,3-16)10(25)9(8)24/h4-6,8-10,24-25H,1-3H2,(H,19,21,22)/t5-,8-,9+,10+,14+/m1/s1. The Labute approximate surface area is 144 Å². The van der Waals surface area contributed by atoms with E-state index >= 15 is 0 Å². The van der Waals surface area contributed by atoms with Crippen LogP contribution in [0.4, 0.5) is 19.0 Å². The third-order valence-corrected chi connectivity index (χ3v) is 5.41. The van der Waals surface area contributed by atoms with Crippen LogP contribution in [0.5, 0.6) is 0 Å². The number of aromatic nitrogens is 4. The molecule has 2 aliphatic carbocycles. The molecule has 0 amide bonds. The summed E-state index contributed by atoms with van der Waals surface area (Å²) in [5.41, 5.74) is -0.492. The molecule has 0 bridgehead atoms. The first-order valence-electron chi connectivity index (χ1n) is 7.73. The first-order chi connectivity index (χ1) is 11.9. The maximum absolute atomic E-state index is 13.4. The monoisotopic (exact) mass is 377 g/mol. The summed E-state index contributed by atoms with van der Waals surface area (Å²) < 4.78 is 39.8. The topological polar surface area (TPSA) is 96.1 Å². The number of aliphatic hydroxyl groups is 2. The highest BCUT2D eigenvalue weighted by Gasteiger charge is 2.71. The van der Waals surface area contributed by atoms with E-state index < -0.39 is 43.3 Å². The van der Waals surface area contributed by atoms with Crippen LogP contribution in [0.2, 0.25) is 5.28 Å². The van der Waals surface area contributed by atoms with Gasteiger partial charge in [0.15, 0.2) is 17.0 Å². The van der Waals surface area contributed by atoms with Crippen molar-refractivity contribution < 1.29 is 23.4 Å². The van der Waals surface area contributed by atoms with Gasteiger partial charge < -0.3 is 20.1 Å². The summed E-state index contributed by atoms with van der Waals surface area (Å²) in [7, 11) is 0. The largest absolute Gasteiger partial charge is 0.390 e. The molecule has 3 N–H and O–H groups in total. The number of anilines is 1. The molecule has 2 fully saturated rings. The molecular formula is C14H15ClF3N5O2. The highest BCUT2D eigenvalue weighted by Crippen LogP contribution is 2.67. The van der Waals surface area contributed by atoms with Gasteiger partial charge in [0.05, 0.1) is 31.7 Å². The molecule has 0 unspecified atom stereocenters. The zero-order valence-corrected chi connectivity index (χ0v) is 13.5. The predicted molar refractivity (Wildman–Crippen MR) is 82.4 cm³/mol. The van der Waals surface area contributed by atoms with Crippen LogP contribution in [-0.2, 0) is 0 Å². The molecule has 2 saturated carbocycles. The highest BCUT2D eigenvalue weighted by atomic mass is 35.5. The molecule has 0 aromatic carbocycles. The first kappa shape index (κ1) is 16.8. The van der Waals surface area contributed by atoms with E-state index in [0.29, 0.717) is 6.42 Å². The average molecular weight is 378 g/mol. The van der Waals surface area contributed by atoms with E-state index in [0.717, 1.165) is 0 Å². The number of alkyl halides is 3. The lowest BCUT2D eigenvalue weighted by molar-refractivity contribution is -0.0224. The van der Waals surface area contributed by atoms with E-state index in [4.69, 9.17) is 11.6 Å². The van der Waals surface area contributed by atoms with Crippen molar-refractivity contribution in [3.63, 3.8) is 0 Å². The summed E-state index contributed by atoms with van der Waals surface area (Å²) >= 11 is 5.88. The second-order valence-corrected chi connectivity index (χ2v) is 6.88. The molecule has 0 spiro atoms. The van der Waals surface area contributed by atoms with E-state index in [1.165, 1.54) is 10.9 Å². The summed E-state index contributed by atoms with van der Waals surface area (Å²) in [5, 5.41) is 22.8. The van der Waals surface area contributed by atoms with Crippen LogP contribution in [0.3, 0.4) is 0 Å². The SMILES string of the molecule is O[C@H]1[C@H](n2cnc3c(NCC(F)F)nc(Cl)nc32)[C@H]2C[C@@]2(CF)[C@H]1O. The van der Waals surface area contributed by atoms with Gasteiger partial charge in [-0.3, -0.25) is 4.39 Å². The number of hydrogen-bond acceptors (Lipinski definition) is 6. The Kier molecular flexibility index (Phi) is 3.82. The van der Waals surface area contributed by atoms with E-state index in [2.05, 4.69) is 20.3 Å². The summed E-state index contributed by atoms with van der Waals surface area (Å²) in [5.74, 6) is -0.208.